The quantitative estimate of drug-likeness (QED) is 0.392. The summed E-state index contributed by atoms with van der Waals surface area (Å²) >= 11 is 0. The van der Waals surface area contributed by atoms with Crippen molar-refractivity contribution in [1.29, 1.82) is 0 Å². The molecule has 0 fully saturated rings. The lowest BCUT2D eigenvalue weighted by atomic mass is 9.70. The van der Waals surface area contributed by atoms with Gasteiger partial charge in [0.15, 0.2) is 0 Å². The largest absolute Gasteiger partial charge is 0.469 e. The maximum atomic E-state index is 12.2. The fraction of sp³-hybridized carbons (Fsp3) is 0.647. The number of hydrogen-bond acceptors (Lipinski definition) is 8. The van der Waals surface area contributed by atoms with Crippen molar-refractivity contribution < 1.29 is 38.1 Å². The van der Waals surface area contributed by atoms with Gasteiger partial charge in [-0.3, -0.25) is 19.2 Å². The molecule has 0 aromatic carbocycles. The van der Waals surface area contributed by atoms with E-state index in [4.69, 9.17) is 14.2 Å². The minimum atomic E-state index is -0.821. The molecule has 0 heterocycles. The van der Waals surface area contributed by atoms with Gasteiger partial charge in [-0.15, -0.1) is 0 Å². The average Bonchev–Trinajstić information content (AvgIpc) is 2.62. The highest BCUT2D eigenvalue weighted by Crippen LogP contribution is 2.39. The van der Waals surface area contributed by atoms with Crippen LogP contribution in [0.3, 0.4) is 0 Å². The molecule has 0 bridgehead atoms. The molecule has 1 rings (SSSR count). The summed E-state index contributed by atoms with van der Waals surface area (Å²) in [5.74, 6) is -5.16. The third-order valence-electron chi connectivity index (χ3n) is 4.49. The molecule has 1 aliphatic carbocycles. The Balaban J connectivity index is 3.23. The predicted octanol–water partition coefficient (Wildman–Crippen LogP) is 0.883. The van der Waals surface area contributed by atoms with Gasteiger partial charge in [-0.2, -0.15) is 0 Å². The molecule has 25 heavy (non-hydrogen) atoms. The second-order valence-electron chi connectivity index (χ2n) is 5.85. The maximum Gasteiger partial charge on any atom is 0.313 e. The van der Waals surface area contributed by atoms with Gasteiger partial charge in [-0.25, -0.2) is 0 Å². The fourth-order valence-electron chi connectivity index (χ4n) is 3.22. The Labute approximate surface area is 146 Å². The van der Waals surface area contributed by atoms with E-state index in [2.05, 4.69) is 4.74 Å². The van der Waals surface area contributed by atoms with Crippen molar-refractivity contribution >= 4 is 23.9 Å². The van der Waals surface area contributed by atoms with Gasteiger partial charge >= 0.3 is 23.9 Å². The van der Waals surface area contributed by atoms with Crippen LogP contribution in [0.4, 0.5) is 0 Å². The van der Waals surface area contributed by atoms with Crippen LogP contribution in [0.5, 0.6) is 0 Å². The molecule has 0 saturated heterocycles. The summed E-state index contributed by atoms with van der Waals surface area (Å²) in [5.41, 5.74) is 0.581. The summed E-state index contributed by atoms with van der Waals surface area (Å²) in [6.07, 6.45) is 1.68. The number of allylic oxidation sites excluding steroid dienone is 1. The molecule has 0 spiro atoms. The van der Waals surface area contributed by atoms with Crippen LogP contribution in [0.2, 0.25) is 0 Å². The molecule has 0 radical (unpaired) electrons. The first kappa shape index (κ1) is 20.7. The van der Waals surface area contributed by atoms with Crippen LogP contribution in [0, 0.1) is 23.7 Å². The molecular weight excluding hydrogens is 332 g/mol. The Hall–Kier alpha value is -2.38. The second-order valence-corrected chi connectivity index (χ2v) is 5.85. The molecule has 0 saturated carbocycles. The van der Waals surface area contributed by atoms with E-state index >= 15 is 0 Å². The van der Waals surface area contributed by atoms with Crippen molar-refractivity contribution in [3.05, 3.63) is 11.6 Å². The van der Waals surface area contributed by atoms with Gasteiger partial charge in [-0.1, -0.05) is 11.6 Å². The second kappa shape index (κ2) is 9.19. The third-order valence-corrected chi connectivity index (χ3v) is 4.49. The predicted molar refractivity (Wildman–Crippen MR) is 85.0 cm³/mol. The van der Waals surface area contributed by atoms with E-state index in [0.29, 0.717) is 5.57 Å². The van der Waals surface area contributed by atoms with E-state index in [1.54, 1.807) is 13.0 Å². The number of carbonyl (C=O) groups is 4. The van der Waals surface area contributed by atoms with Crippen LogP contribution in [-0.2, 0) is 38.1 Å². The van der Waals surface area contributed by atoms with E-state index in [1.807, 2.05) is 0 Å². The zero-order valence-electron chi connectivity index (χ0n) is 15.1. The topological polar surface area (TPSA) is 105 Å². The van der Waals surface area contributed by atoms with Gasteiger partial charge in [0, 0.05) is 0 Å². The Bertz CT molecular complexity index is 565. The van der Waals surface area contributed by atoms with Gasteiger partial charge in [0.1, 0.15) is 0 Å². The molecule has 1 aliphatic rings. The molecule has 140 valence electrons. The third kappa shape index (κ3) is 4.80. The number of hydrogen-bond donors (Lipinski definition) is 0. The molecule has 0 aromatic heterocycles. The van der Waals surface area contributed by atoms with E-state index in [0.717, 1.165) is 0 Å². The minimum absolute atomic E-state index is 0.153. The summed E-state index contributed by atoms with van der Waals surface area (Å²) in [4.78, 5) is 48.0. The van der Waals surface area contributed by atoms with Crippen LogP contribution >= 0.6 is 0 Å². The number of carbonyl (C=O) groups excluding carboxylic acids is 4. The Morgan fingerprint density at radius 1 is 1.00 bits per heavy atom. The number of methoxy groups -OCH3 is 4. The van der Waals surface area contributed by atoms with Crippen molar-refractivity contribution in [2.45, 2.75) is 19.8 Å². The summed E-state index contributed by atoms with van der Waals surface area (Å²) < 4.78 is 19.0. The standard InChI is InChI=1S/C17H24O8/c1-9-6-10(11(15(19)23-3)8-13(18)22-2)7-12(16(20)24-4)14(9)17(21)25-5/h6,10-12,14H,7-8H2,1-5H3. The normalized spacial score (nSPS) is 23.7. The molecule has 8 heteroatoms. The van der Waals surface area contributed by atoms with Crippen molar-refractivity contribution in [2.24, 2.45) is 23.7 Å². The average molecular weight is 356 g/mol. The van der Waals surface area contributed by atoms with Crippen molar-refractivity contribution in [2.75, 3.05) is 28.4 Å². The van der Waals surface area contributed by atoms with Crippen LogP contribution in [0.15, 0.2) is 11.6 Å². The zero-order valence-corrected chi connectivity index (χ0v) is 15.1. The van der Waals surface area contributed by atoms with Crippen molar-refractivity contribution in [1.82, 2.24) is 0 Å². The molecule has 0 N–H and O–H groups in total. The first-order valence-electron chi connectivity index (χ1n) is 7.79. The van der Waals surface area contributed by atoms with Gasteiger partial charge in [0.05, 0.1) is 52.6 Å². The lowest BCUT2D eigenvalue weighted by molar-refractivity contribution is -0.159. The van der Waals surface area contributed by atoms with E-state index in [9.17, 15) is 19.2 Å². The highest BCUT2D eigenvalue weighted by Gasteiger charge is 2.44. The Morgan fingerprint density at radius 2 is 1.60 bits per heavy atom. The van der Waals surface area contributed by atoms with E-state index in [-0.39, 0.29) is 12.8 Å². The maximum absolute atomic E-state index is 12.2. The molecule has 8 nitrogen and oxygen atoms in total. The monoisotopic (exact) mass is 356 g/mol. The lowest BCUT2D eigenvalue weighted by Crippen LogP contribution is -2.40. The van der Waals surface area contributed by atoms with Crippen LogP contribution in [0.25, 0.3) is 0 Å². The molecule has 0 amide bonds. The molecule has 4 unspecified atom stereocenters. The van der Waals surface area contributed by atoms with E-state index < -0.39 is 47.5 Å². The minimum Gasteiger partial charge on any atom is -0.469 e. The molecule has 0 aliphatic heterocycles. The molecule has 0 aromatic rings. The fourth-order valence-corrected chi connectivity index (χ4v) is 3.22. The van der Waals surface area contributed by atoms with Gasteiger partial charge in [0.25, 0.3) is 0 Å². The SMILES string of the molecule is COC(=O)CC(C(=O)OC)C1C=C(C)C(C(=O)OC)C(C(=O)OC)C1. The summed E-state index contributed by atoms with van der Waals surface area (Å²) in [5, 5.41) is 0. The number of esters is 4. The van der Waals surface area contributed by atoms with Crippen LogP contribution in [-0.4, -0.2) is 52.3 Å². The van der Waals surface area contributed by atoms with Crippen molar-refractivity contribution in [3.8, 4) is 0 Å². The van der Waals surface area contributed by atoms with Gasteiger partial charge in [0.2, 0.25) is 0 Å². The first-order chi connectivity index (χ1) is 11.8. The summed E-state index contributed by atoms with van der Waals surface area (Å²) in [6.45, 7) is 1.68. The zero-order chi connectivity index (χ0) is 19.1. The first-order valence-corrected chi connectivity index (χ1v) is 7.79. The Kier molecular flexibility index (Phi) is 7.60. The molecular formula is C17H24O8. The lowest BCUT2D eigenvalue weighted by Gasteiger charge is -2.34. The van der Waals surface area contributed by atoms with Gasteiger partial charge < -0.3 is 18.9 Å². The van der Waals surface area contributed by atoms with Crippen molar-refractivity contribution in [3.63, 3.8) is 0 Å². The van der Waals surface area contributed by atoms with Gasteiger partial charge in [-0.05, 0) is 19.3 Å². The molecule has 4 atom stereocenters. The number of ether oxygens (including phenoxy) is 4. The number of rotatable bonds is 6. The highest BCUT2D eigenvalue weighted by molar-refractivity contribution is 5.85. The van der Waals surface area contributed by atoms with Crippen LogP contribution in [0.1, 0.15) is 19.8 Å². The Morgan fingerprint density at radius 3 is 2.08 bits per heavy atom. The van der Waals surface area contributed by atoms with Crippen LogP contribution < -0.4 is 0 Å². The summed E-state index contributed by atoms with van der Waals surface area (Å²) in [6, 6.07) is 0. The van der Waals surface area contributed by atoms with E-state index in [1.165, 1.54) is 28.4 Å². The summed E-state index contributed by atoms with van der Waals surface area (Å²) in [7, 11) is 4.92. The highest BCUT2D eigenvalue weighted by atomic mass is 16.5. The smallest absolute Gasteiger partial charge is 0.313 e.